The van der Waals surface area contributed by atoms with E-state index in [1.807, 2.05) is 30.3 Å². The largest absolute Gasteiger partial charge is 0.360 e. The van der Waals surface area contributed by atoms with Crippen LogP contribution in [0.4, 0.5) is 0 Å². The van der Waals surface area contributed by atoms with Crippen molar-refractivity contribution in [2.45, 2.75) is 37.1 Å². The number of aromatic nitrogens is 1. The molecule has 1 aromatic carbocycles. The highest BCUT2D eigenvalue weighted by molar-refractivity contribution is 7.89. The summed E-state index contributed by atoms with van der Waals surface area (Å²) in [6.07, 6.45) is 0.826. The Morgan fingerprint density at radius 2 is 1.95 bits per heavy atom. The third-order valence-corrected chi connectivity index (χ3v) is 5.29. The predicted octanol–water partition coefficient (Wildman–Crippen LogP) is 2.13. The molecule has 0 amide bonds. The molecule has 0 saturated heterocycles. The molecule has 20 heavy (non-hydrogen) atoms. The summed E-state index contributed by atoms with van der Waals surface area (Å²) in [7, 11) is -3.56. The van der Waals surface area contributed by atoms with Crippen LogP contribution in [0.1, 0.15) is 29.4 Å². The molecule has 2 aromatic rings. The maximum absolute atomic E-state index is 12.4. The van der Waals surface area contributed by atoms with E-state index in [1.54, 1.807) is 13.8 Å². The number of nitrogens with zero attached hydrogens (tertiary/aromatic N) is 1. The van der Waals surface area contributed by atoms with E-state index in [2.05, 4.69) is 9.88 Å². The number of nitrogens with one attached hydrogen (secondary N) is 1. The van der Waals surface area contributed by atoms with Gasteiger partial charge in [0.05, 0.1) is 0 Å². The predicted molar refractivity (Wildman–Crippen MR) is 73.9 cm³/mol. The second kappa shape index (κ2) is 4.71. The zero-order valence-electron chi connectivity index (χ0n) is 11.3. The lowest BCUT2D eigenvalue weighted by atomic mass is 10.1. The van der Waals surface area contributed by atoms with Gasteiger partial charge in [-0.2, -0.15) is 0 Å². The fourth-order valence-electron chi connectivity index (χ4n) is 2.51. The average molecular weight is 292 g/mol. The SMILES string of the molecule is Cc1noc(C)c1S(=O)(=O)N[C@H]1C[C@H]1c1ccccc1. The van der Waals surface area contributed by atoms with E-state index in [1.165, 1.54) is 5.56 Å². The molecule has 6 heteroatoms. The van der Waals surface area contributed by atoms with Crippen molar-refractivity contribution >= 4 is 10.0 Å². The van der Waals surface area contributed by atoms with Crippen LogP contribution in [0.2, 0.25) is 0 Å². The second-order valence-corrected chi connectivity index (χ2v) is 6.78. The summed E-state index contributed by atoms with van der Waals surface area (Å²) in [6.45, 7) is 3.24. The quantitative estimate of drug-likeness (QED) is 0.937. The molecule has 1 aliphatic carbocycles. The number of rotatable bonds is 4. The highest BCUT2D eigenvalue weighted by Gasteiger charge is 2.42. The Labute approximate surface area is 118 Å². The summed E-state index contributed by atoms with van der Waals surface area (Å²) in [5, 5.41) is 3.69. The van der Waals surface area contributed by atoms with E-state index in [-0.39, 0.29) is 16.9 Å². The molecule has 5 nitrogen and oxygen atoms in total. The van der Waals surface area contributed by atoms with E-state index >= 15 is 0 Å². The summed E-state index contributed by atoms with van der Waals surface area (Å²) >= 11 is 0. The minimum Gasteiger partial charge on any atom is -0.360 e. The first-order chi connectivity index (χ1) is 9.49. The van der Waals surface area contributed by atoms with Gasteiger partial charge in [-0.3, -0.25) is 0 Å². The second-order valence-electron chi connectivity index (χ2n) is 5.13. The van der Waals surface area contributed by atoms with Crippen LogP contribution in [0.3, 0.4) is 0 Å². The summed E-state index contributed by atoms with van der Waals surface area (Å²) < 4.78 is 32.4. The Morgan fingerprint density at radius 3 is 2.55 bits per heavy atom. The molecule has 0 unspecified atom stereocenters. The lowest BCUT2D eigenvalue weighted by Crippen LogP contribution is -2.27. The van der Waals surface area contributed by atoms with Crippen molar-refractivity contribution in [2.24, 2.45) is 0 Å². The monoisotopic (exact) mass is 292 g/mol. The first-order valence-electron chi connectivity index (χ1n) is 6.49. The maximum Gasteiger partial charge on any atom is 0.246 e. The molecule has 0 spiro atoms. The minimum atomic E-state index is -3.56. The van der Waals surface area contributed by atoms with E-state index in [0.717, 1.165) is 6.42 Å². The van der Waals surface area contributed by atoms with Crippen LogP contribution >= 0.6 is 0 Å². The molecule has 1 N–H and O–H groups in total. The van der Waals surface area contributed by atoms with Gasteiger partial charge in [0.1, 0.15) is 10.6 Å². The molecule has 1 aromatic heterocycles. The Balaban J connectivity index is 1.77. The Kier molecular flexibility index (Phi) is 3.14. The zero-order chi connectivity index (χ0) is 14.3. The van der Waals surface area contributed by atoms with Gasteiger partial charge >= 0.3 is 0 Å². The third-order valence-electron chi connectivity index (χ3n) is 3.56. The molecule has 106 valence electrons. The van der Waals surface area contributed by atoms with Crippen molar-refractivity contribution in [3.63, 3.8) is 0 Å². The van der Waals surface area contributed by atoms with Crippen LogP contribution in [0.25, 0.3) is 0 Å². The van der Waals surface area contributed by atoms with Gasteiger partial charge < -0.3 is 4.52 Å². The highest BCUT2D eigenvalue weighted by atomic mass is 32.2. The number of benzene rings is 1. The molecular weight excluding hydrogens is 276 g/mol. The van der Waals surface area contributed by atoms with Crippen molar-refractivity contribution in [1.29, 1.82) is 0 Å². The van der Waals surface area contributed by atoms with Crippen LogP contribution in [0, 0.1) is 13.8 Å². The van der Waals surface area contributed by atoms with E-state index < -0.39 is 10.0 Å². The van der Waals surface area contributed by atoms with E-state index in [9.17, 15) is 8.42 Å². The normalized spacial score (nSPS) is 21.9. The maximum atomic E-state index is 12.4. The lowest BCUT2D eigenvalue weighted by molar-refractivity contribution is 0.390. The molecule has 0 aliphatic heterocycles. The highest BCUT2D eigenvalue weighted by Crippen LogP contribution is 2.41. The molecule has 1 heterocycles. The lowest BCUT2D eigenvalue weighted by Gasteiger charge is -2.05. The molecular formula is C14H16N2O3S. The number of hydrogen-bond acceptors (Lipinski definition) is 4. The standard InChI is InChI=1S/C14H16N2O3S/c1-9-14(10(2)19-15-9)20(17,18)16-13-8-12(13)11-6-4-3-5-7-11/h3-7,12-13,16H,8H2,1-2H3/t12-,13-/m0/s1. The zero-order valence-corrected chi connectivity index (χ0v) is 12.1. The van der Waals surface area contributed by atoms with Crippen molar-refractivity contribution in [3.05, 3.63) is 47.3 Å². The first-order valence-corrected chi connectivity index (χ1v) is 7.97. The molecule has 0 radical (unpaired) electrons. The molecule has 0 bridgehead atoms. The van der Waals surface area contributed by atoms with Gasteiger partial charge in [-0.15, -0.1) is 0 Å². The number of sulfonamides is 1. The fourth-order valence-corrected chi connectivity index (χ4v) is 4.13. The summed E-state index contributed by atoms with van der Waals surface area (Å²) in [5.74, 6) is 0.582. The van der Waals surface area contributed by atoms with Crippen LogP contribution in [0.15, 0.2) is 39.8 Å². The van der Waals surface area contributed by atoms with Crippen LogP contribution < -0.4 is 4.72 Å². The van der Waals surface area contributed by atoms with E-state index in [0.29, 0.717) is 11.5 Å². The summed E-state index contributed by atoms with van der Waals surface area (Å²) in [4.78, 5) is 0.163. The Morgan fingerprint density at radius 1 is 1.25 bits per heavy atom. The van der Waals surface area contributed by atoms with Gasteiger partial charge in [0.2, 0.25) is 10.0 Å². The third kappa shape index (κ3) is 2.36. The molecule has 1 fully saturated rings. The molecule has 1 saturated carbocycles. The number of aryl methyl sites for hydroxylation is 2. The van der Waals surface area contributed by atoms with E-state index in [4.69, 9.17) is 4.52 Å². The van der Waals surface area contributed by atoms with Crippen LogP contribution in [0.5, 0.6) is 0 Å². The smallest absolute Gasteiger partial charge is 0.246 e. The van der Waals surface area contributed by atoms with Crippen LogP contribution in [-0.4, -0.2) is 19.6 Å². The Hall–Kier alpha value is -1.66. The first kappa shape index (κ1) is 13.3. The molecule has 1 aliphatic rings. The minimum absolute atomic E-state index is 0.0453. The van der Waals surface area contributed by atoms with Gasteiger partial charge in [0, 0.05) is 12.0 Å². The topological polar surface area (TPSA) is 72.2 Å². The molecule has 2 atom stereocenters. The van der Waals surface area contributed by atoms with Gasteiger partial charge in [0.25, 0.3) is 0 Å². The van der Waals surface area contributed by atoms with Crippen molar-refractivity contribution in [1.82, 2.24) is 9.88 Å². The van der Waals surface area contributed by atoms with Gasteiger partial charge in [0.15, 0.2) is 5.76 Å². The Bertz CT molecular complexity index is 703. The summed E-state index contributed by atoms with van der Waals surface area (Å²) in [6, 6.07) is 9.88. The fraction of sp³-hybridized carbons (Fsp3) is 0.357. The van der Waals surface area contributed by atoms with Gasteiger partial charge in [-0.05, 0) is 25.8 Å². The van der Waals surface area contributed by atoms with Crippen molar-refractivity contribution in [3.8, 4) is 0 Å². The average Bonchev–Trinajstić information content (AvgIpc) is 3.06. The number of hydrogen-bond donors (Lipinski definition) is 1. The van der Waals surface area contributed by atoms with Gasteiger partial charge in [-0.25, -0.2) is 13.1 Å². The van der Waals surface area contributed by atoms with Crippen molar-refractivity contribution in [2.75, 3.05) is 0 Å². The molecule has 3 rings (SSSR count). The van der Waals surface area contributed by atoms with Gasteiger partial charge in [-0.1, -0.05) is 35.5 Å². The van der Waals surface area contributed by atoms with Crippen LogP contribution in [-0.2, 0) is 10.0 Å². The van der Waals surface area contributed by atoms with Crippen molar-refractivity contribution < 1.29 is 12.9 Å². The summed E-state index contributed by atoms with van der Waals surface area (Å²) in [5.41, 5.74) is 1.56.